The number of aromatic nitrogens is 2. The molecular weight excluding hydrogens is 557 g/mol. The average Bonchev–Trinajstić information content (AvgIpc) is 3.67. The maximum Gasteiger partial charge on any atom is 0.418 e. The number of ether oxygens (including phenoxy) is 1. The second-order valence-electron chi connectivity index (χ2n) is 11.3. The summed E-state index contributed by atoms with van der Waals surface area (Å²) in [7, 11) is 1.96. The van der Waals surface area contributed by atoms with Crippen LogP contribution in [0.15, 0.2) is 42.5 Å². The molecule has 1 aromatic heterocycles. The van der Waals surface area contributed by atoms with E-state index >= 15 is 0 Å². The molecule has 1 amide bonds. The topological polar surface area (TPSA) is 99.5 Å². The Hall–Kier alpha value is -3.15. The number of nitrogens with one attached hydrogen (secondary N) is 2. The van der Waals surface area contributed by atoms with Crippen molar-refractivity contribution in [3.8, 4) is 0 Å². The van der Waals surface area contributed by atoms with Gasteiger partial charge in [0.05, 0.1) is 24.1 Å². The number of carbonyl (C=O) groups is 1. The molecule has 0 saturated carbocycles. The van der Waals surface area contributed by atoms with E-state index in [0.29, 0.717) is 0 Å². The minimum Gasteiger partial charge on any atom is -0.380 e. The monoisotopic (exact) mass is 602 g/mol. The molecule has 3 aromatic rings. The average molecular weight is 603 g/mol. The number of likely N-dealkylation sites (tertiary alicyclic amines) is 1. The molecule has 0 spiro atoms. The first-order valence-electron chi connectivity index (χ1n) is 15.4. The number of carbonyl (C=O) groups excluding carboxylic acids is 1. The van der Waals surface area contributed by atoms with Crippen LogP contribution in [0.25, 0.3) is 11.0 Å². The largest absolute Gasteiger partial charge is 0.418 e. The second-order valence-corrected chi connectivity index (χ2v) is 11.3. The van der Waals surface area contributed by atoms with Gasteiger partial charge in [0.2, 0.25) is 5.91 Å². The lowest BCUT2D eigenvalue weighted by molar-refractivity contribution is -0.136. The summed E-state index contributed by atoms with van der Waals surface area (Å²) < 4.78 is 43.5. The van der Waals surface area contributed by atoms with Crippen molar-refractivity contribution < 1.29 is 22.7 Å². The summed E-state index contributed by atoms with van der Waals surface area (Å²) in [5, 5.41) is 3.10. The molecule has 0 aliphatic carbocycles. The van der Waals surface area contributed by atoms with Crippen LogP contribution in [0.3, 0.4) is 0 Å². The fourth-order valence-electron chi connectivity index (χ4n) is 5.84. The highest BCUT2D eigenvalue weighted by Crippen LogP contribution is 2.33. The zero-order chi connectivity index (χ0) is 30.7. The molecular formula is C32H45F3N6O2. The van der Waals surface area contributed by atoms with E-state index in [4.69, 9.17) is 10.5 Å². The molecule has 3 heterocycles. The van der Waals surface area contributed by atoms with Crippen LogP contribution in [0.4, 0.5) is 18.9 Å². The number of alkyl halides is 3. The van der Waals surface area contributed by atoms with Crippen LogP contribution >= 0.6 is 0 Å². The molecule has 5 rings (SSSR count). The van der Waals surface area contributed by atoms with Gasteiger partial charge in [0.15, 0.2) is 0 Å². The van der Waals surface area contributed by atoms with Crippen molar-refractivity contribution in [2.24, 2.45) is 5.73 Å². The molecule has 11 heteroatoms. The second kappa shape index (κ2) is 16.1. The van der Waals surface area contributed by atoms with Gasteiger partial charge in [-0.2, -0.15) is 13.2 Å². The molecule has 2 saturated heterocycles. The lowest BCUT2D eigenvalue weighted by atomic mass is 10.0. The zero-order valence-corrected chi connectivity index (χ0v) is 25.1. The van der Waals surface area contributed by atoms with Crippen molar-refractivity contribution >= 4 is 22.6 Å². The molecule has 2 fully saturated rings. The highest BCUT2D eigenvalue weighted by Gasteiger charge is 2.33. The Balaban J connectivity index is 0.000000215. The maximum atomic E-state index is 12.6. The number of unbranched alkanes of at least 4 members (excludes halogenated alkanes) is 1. The maximum absolute atomic E-state index is 12.6. The summed E-state index contributed by atoms with van der Waals surface area (Å²) in [5.74, 6) is -0.526. The van der Waals surface area contributed by atoms with Crippen LogP contribution in [-0.2, 0) is 28.5 Å². The number of para-hydroxylation sites is 1. The summed E-state index contributed by atoms with van der Waals surface area (Å²) in [4.78, 5) is 22.3. The number of aryl methyl sites for hydroxylation is 1. The van der Waals surface area contributed by atoms with Gasteiger partial charge in [0, 0.05) is 38.0 Å². The van der Waals surface area contributed by atoms with Crippen molar-refractivity contribution in [3.63, 3.8) is 0 Å². The van der Waals surface area contributed by atoms with Gasteiger partial charge in [-0.1, -0.05) is 18.2 Å². The van der Waals surface area contributed by atoms with Gasteiger partial charge >= 0.3 is 6.18 Å². The molecule has 43 heavy (non-hydrogen) atoms. The SMILES string of the molecule is CNCCOCCCCc1ccc(N2CCC(N3CCCC3)CC2)cc1.NC(=O)Cc1nc2c(C(F)(F)F)cccc2[nH]1. The lowest BCUT2D eigenvalue weighted by Crippen LogP contribution is -2.43. The first-order valence-corrected chi connectivity index (χ1v) is 15.4. The number of rotatable bonds is 12. The van der Waals surface area contributed by atoms with Crippen molar-refractivity contribution in [2.45, 2.75) is 63.6 Å². The molecule has 2 aliphatic rings. The predicted octanol–water partition coefficient (Wildman–Crippen LogP) is 4.92. The van der Waals surface area contributed by atoms with Gasteiger partial charge in [-0.3, -0.25) is 4.79 Å². The van der Waals surface area contributed by atoms with E-state index in [1.165, 1.54) is 81.7 Å². The Morgan fingerprint density at radius 1 is 1.05 bits per heavy atom. The first kappa shape index (κ1) is 32.8. The third kappa shape index (κ3) is 9.94. The smallest absolute Gasteiger partial charge is 0.380 e. The number of benzene rings is 2. The summed E-state index contributed by atoms with van der Waals surface area (Å²) in [6, 6.07) is 13.8. The lowest BCUT2D eigenvalue weighted by Gasteiger charge is -2.37. The number of hydrogen-bond donors (Lipinski definition) is 3. The Kier molecular flexibility index (Phi) is 12.2. The number of amides is 1. The highest BCUT2D eigenvalue weighted by atomic mass is 19.4. The quantitative estimate of drug-likeness (QED) is 0.255. The first-order chi connectivity index (χ1) is 20.7. The number of nitrogens with zero attached hydrogens (tertiary/aromatic N) is 3. The van der Waals surface area contributed by atoms with Crippen LogP contribution < -0.4 is 16.0 Å². The summed E-state index contributed by atoms with van der Waals surface area (Å²) in [6.07, 6.45) is 4.30. The summed E-state index contributed by atoms with van der Waals surface area (Å²) in [6.45, 7) is 7.73. The van der Waals surface area contributed by atoms with Crippen molar-refractivity contribution in [3.05, 3.63) is 59.4 Å². The van der Waals surface area contributed by atoms with Gasteiger partial charge in [0.25, 0.3) is 0 Å². The molecule has 4 N–H and O–H groups in total. The van der Waals surface area contributed by atoms with Crippen molar-refractivity contribution in [1.29, 1.82) is 0 Å². The van der Waals surface area contributed by atoms with Crippen LogP contribution in [0.2, 0.25) is 0 Å². The van der Waals surface area contributed by atoms with Gasteiger partial charge in [-0.25, -0.2) is 4.98 Å². The van der Waals surface area contributed by atoms with Crippen molar-refractivity contribution in [1.82, 2.24) is 20.2 Å². The number of fused-ring (bicyclic) bond motifs is 1. The molecule has 0 unspecified atom stereocenters. The normalized spacial score (nSPS) is 16.4. The highest BCUT2D eigenvalue weighted by molar-refractivity contribution is 5.81. The Bertz CT molecular complexity index is 1270. The Labute approximate surface area is 252 Å². The molecule has 8 nitrogen and oxygen atoms in total. The van der Waals surface area contributed by atoms with E-state index in [-0.39, 0.29) is 23.3 Å². The number of nitrogens with two attached hydrogens (primary N) is 1. The Morgan fingerprint density at radius 3 is 2.42 bits per heavy atom. The fraction of sp³-hybridized carbons (Fsp3) is 0.562. The number of halogens is 3. The van der Waals surface area contributed by atoms with Crippen LogP contribution in [0.1, 0.15) is 55.5 Å². The minimum atomic E-state index is -4.47. The number of H-pyrrole nitrogens is 1. The van der Waals surface area contributed by atoms with E-state index in [2.05, 4.69) is 49.4 Å². The number of anilines is 1. The Morgan fingerprint density at radius 2 is 1.77 bits per heavy atom. The van der Waals surface area contributed by atoms with E-state index in [1.807, 2.05) is 7.05 Å². The number of aromatic amines is 1. The fourth-order valence-corrected chi connectivity index (χ4v) is 5.84. The third-order valence-electron chi connectivity index (χ3n) is 8.13. The van der Waals surface area contributed by atoms with E-state index in [0.717, 1.165) is 44.7 Å². The summed E-state index contributed by atoms with van der Waals surface area (Å²) in [5.41, 5.74) is 7.01. The predicted molar refractivity (Wildman–Crippen MR) is 164 cm³/mol. The molecule has 0 atom stereocenters. The van der Waals surface area contributed by atoms with E-state index in [1.54, 1.807) is 0 Å². The standard InChI is InChI=1S/C22H37N3O.C10H8F3N3O/c1-23-13-19-26-18-5-2-6-20-7-9-21(10-8-20)25-16-11-22(12-17-25)24-14-3-4-15-24;11-10(12,13)5-2-1-3-6-9(5)16-8(15-6)4-7(14)17/h7-10,22-23H,2-6,11-19H2,1H3;1-3H,4H2,(H2,14,17)(H,15,16). The van der Waals surface area contributed by atoms with Gasteiger partial charge in [-0.15, -0.1) is 0 Å². The number of likely N-dealkylation sites (N-methyl/N-ethyl adjacent to an activating group) is 1. The van der Waals surface area contributed by atoms with Crippen LogP contribution in [0, 0.1) is 0 Å². The third-order valence-corrected chi connectivity index (χ3v) is 8.13. The minimum absolute atomic E-state index is 0.129. The van der Waals surface area contributed by atoms with Gasteiger partial charge < -0.3 is 30.6 Å². The number of piperidine rings is 1. The zero-order valence-electron chi connectivity index (χ0n) is 25.1. The number of imidazole rings is 1. The molecule has 236 valence electrons. The van der Waals surface area contributed by atoms with Gasteiger partial charge in [-0.05, 0) is 94.9 Å². The van der Waals surface area contributed by atoms with Gasteiger partial charge in [0.1, 0.15) is 11.3 Å². The van der Waals surface area contributed by atoms with E-state index < -0.39 is 17.6 Å². The van der Waals surface area contributed by atoms with Crippen LogP contribution in [0.5, 0.6) is 0 Å². The molecule has 0 bridgehead atoms. The van der Waals surface area contributed by atoms with E-state index in [9.17, 15) is 18.0 Å². The molecule has 0 radical (unpaired) electrons. The molecule has 2 aromatic carbocycles. The van der Waals surface area contributed by atoms with Crippen molar-refractivity contribution in [2.75, 3.05) is 57.9 Å². The summed E-state index contributed by atoms with van der Waals surface area (Å²) >= 11 is 0. The number of hydrogen-bond acceptors (Lipinski definition) is 6. The molecule has 2 aliphatic heterocycles. The number of primary amides is 1. The van der Waals surface area contributed by atoms with Crippen LogP contribution in [-0.4, -0.2) is 79.8 Å².